The molecule has 0 saturated carbocycles. The molecule has 0 spiro atoms. The summed E-state index contributed by atoms with van der Waals surface area (Å²) >= 11 is 0. The van der Waals surface area contributed by atoms with Crippen molar-refractivity contribution in [2.75, 3.05) is 13.2 Å². The molecule has 0 aliphatic heterocycles. The smallest absolute Gasteiger partial charge is 0.306 e. The summed E-state index contributed by atoms with van der Waals surface area (Å²) in [4.78, 5) is 38.2. The summed E-state index contributed by atoms with van der Waals surface area (Å²) in [6, 6.07) is 0. The van der Waals surface area contributed by atoms with Crippen molar-refractivity contribution in [3.8, 4) is 0 Å². The van der Waals surface area contributed by atoms with Gasteiger partial charge in [0.05, 0.1) is 0 Å². The number of carbonyl (C=O) groups excluding carboxylic acids is 3. The Morgan fingerprint density at radius 2 is 0.487 bits per heavy atom. The highest BCUT2D eigenvalue weighted by Crippen LogP contribution is 2.17. The van der Waals surface area contributed by atoms with E-state index >= 15 is 0 Å². The number of hydrogen-bond donors (Lipinski definition) is 0. The molecule has 0 N–H and O–H groups in total. The van der Waals surface area contributed by atoms with Gasteiger partial charge >= 0.3 is 17.9 Å². The topological polar surface area (TPSA) is 78.9 Å². The van der Waals surface area contributed by atoms with E-state index in [-0.39, 0.29) is 31.1 Å². The molecule has 0 aromatic rings. The summed E-state index contributed by atoms with van der Waals surface area (Å²) < 4.78 is 16.9. The molecule has 1 atom stereocenters. The minimum Gasteiger partial charge on any atom is -0.462 e. The normalized spacial score (nSPS) is 12.8. The Labute approximate surface area is 495 Å². The number of ether oxygens (including phenoxy) is 3. The van der Waals surface area contributed by atoms with Crippen LogP contribution in [0.1, 0.15) is 323 Å². The summed E-state index contributed by atoms with van der Waals surface area (Å²) in [5.74, 6) is -0.891. The van der Waals surface area contributed by atoms with Gasteiger partial charge in [-0.25, -0.2) is 0 Å². The maximum atomic E-state index is 12.9. The lowest BCUT2D eigenvalue weighted by Crippen LogP contribution is -2.30. The molecular weight excluding hydrogens is 985 g/mol. The zero-order chi connectivity index (χ0) is 57.8. The molecule has 0 bridgehead atoms. The van der Waals surface area contributed by atoms with Gasteiger partial charge in [-0.15, -0.1) is 0 Å². The van der Waals surface area contributed by atoms with Crippen LogP contribution in [0, 0.1) is 0 Å². The average molecular weight is 1110 g/mol. The maximum absolute atomic E-state index is 12.9. The predicted octanol–water partition coefficient (Wildman–Crippen LogP) is 23.4. The minimum absolute atomic E-state index is 0.0804. The largest absolute Gasteiger partial charge is 0.462 e. The number of unbranched alkanes of at least 4 members (excludes halogenated alkanes) is 32. The fraction of sp³-hybridized carbons (Fsp3) is 0.716. The molecule has 0 saturated heterocycles. The molecule has 0 fully saturated rings. The van der Waals surface area contributed by atoms with Gasteiger partial charge in [0.1, 0.15) is 13.2 Å². The van der Waals surface area contributed by atoms with Gasteiger partial charge in [0.2, 0.25) is 0 Å². The lowest BCUT2D eigenvalue weighted by atomic mass is 10.0. The number of allylic oxidation sites excluding steroid dienone is 18. The molecular formula is C74H126O6. The van der Waals surface area contributed by atoms with Crippen LogP contribution in [0.2, 0.25) is 0 Å². The van der Waals surface area contributed by atoms with Gasteiger partial charge in [0, 0.05) is 19.3 Å². The highest BCUT2D eigenvalue weighted by Gasteiger charge is 2.19. The van der Waals surface area contributed by atoms with Crippen molar-refractivity contribution >= 4 is 17.9 Å². The predicted molar refractivity (Wildman–Crippen MR) is 348 cm³/mol. The third-order valence-electron chi connectivity index (χ3n) is 14.5. The zero-order valence-electron chi connectivity index (χ0n) is 52.6. The van der Waals surface area contributed by atoms with Crippen molar-refractivity contribution in [2.24, 2.45) is 0 Å². The summed E-state index contributed by atoms with van der Waals surface area (Å²) in [5, 5.41) is 0. The Bertz CT molecular complexity index is 1610. The highest BCUT2D eigenvalue weighted by atomic mass is 16.6. The second-order valence-corrected chi connectivity index (χ2v) is 22.4. The molecule has 0 aromatic carbocycles. The molecule has 458 valence electrons. The second-order valence-electron chi connectivity index (χ2n) is 22.4. The molecule has 0 heterocycles. The molecule has 0 aromatic heterocycles. The monoisotopic (exact) mass is 1110 g/mol. The van der Waals surface area contributed by atoms with Crippen LogP contribution < -0.4 is 0 Å². The Balaban J connectivity index is 4.23. The average Bonchev–Trinajstić information content (AvgIpc) is 3.46. The van der Waals surface area contributed by atoms with Crippen LogP contribution in [-0.2, 0) is 28.6 Å². The standard InChI is InChI=1S/C74H126O6/c1-4-7-10-13-16-19-21-23-25-27-29-31-32-33-34-35-36-37-38-39-40-41-42-43-45-46-48-50-52-55-58-61-64-67-73(76)79-70-71(69-78-72(75)66-63-60-57-54-18-15-12-9-6-3)80-74(77)68-65-62-59-56-53-51-49-47-44-30-28-26-24-22-20-17-14-11-8-5-2/h7,10,16,19,23,25,29,31,33-34,36-37,39-40,42-43,46,48,71H,4-6,8-9,11-15,17-18,20-22,24,26-28,30,32,35,38,41,44-45,47,49-70H2,1-3H3/b10-7-,19-16-,25-23-,31-29-,34-33-,37-36-,40-39-,43-42-,48-46-. The lowest BCUT2D eigenvalue weighted by molar-refractivity contribution is -0.167. The van der Waals surface area contributed by atoms with Gasteiger partial charge in [-0.05, 0) is 89.9 Å². The summed E-state index contributed by atoms with van der Waals surface area (Å²) in [7, 11) is 0. The van der Waals surface area contributed by atoms with E-state index in [1.54, 1.807) is 0 Å². The number of hydrogen-bond acceptors (Lipinski definition) is 6. The fourth-order valence-corrected chi connectivity index (χ4v) is 9.50. The summed E-state index contributed by atoms with van der Waals surface area (Å²) in [5.41, 5.74) is 0. The van der Waals surface area contributed by atoms with E-state index < -0.39 is 6.10 Å². The molecule has 0 radical (unpaired) electrons. The number of carbonyl (C=O) groups is 3. The minimum atomic E-state index is -0.784. The Kier molecular flexibility index (Phi) is 64.3. The van der Waals surface area contributed by atoms with Crippen LogP contribution in [0.15, 0.2) is 109 Å². The SMILES string of the molecule is CC/C=C\C/C=C\C/C=C\C/C=C\C/C=C\C/C=C\C/C=C\C/C=C\C/C=C\CCCCCCCC(=O)OCC(COC(=O)CCCCCCCCCCC)OC(=O)CCCCCCCCCCCCCCCCCCCCCC. The van der Waals surface area contributed by atoms with E-state index in [0.29, 0.717) is 19.3 Å². The van der Waals surface area contributed by atoms with Crippen molar-refractivity contribution in [1.29, 1.82) is 0 Å². The van der Waals surface area contributed by atoms with E-state index in [0.717, 1.165) is 135 Å². The van der Waals surface area contributed by atoms with Crippen LogP contribution >= 0.6 is 0 Å². The van der Waals surface area contributed by atoms with Gasteiger partial charge in [0.15, 0.2) is 6.10 Å². The molecule has 0 amide bonds. The number of esters is 3. The molecule has 0 aliphatic carbocycles. The second kappa shape index (κ2) is 67.6. The molecule has 1 unspecified atom stereocenters. The third kappa shape index (κ3) is 64.9. The van der Waals surface area contributed by atoms with Crippen molar-refractivity contribution in [3.63, 3.8) is 0 Å². The van der Waals surface area contributed by atoms with E-state index in [1.165, 1.54) is 148 Å². The molecule has 0 aliphatic rings. The van der Waals surface area contributed by atoms with E-state index in [1.807, 2.05) is 0 Å². The fourth-order valence-electron chi connectivity index (χ4n) is 9.50. The summed E-state index contributed by atoms with van der Waals surface area (Å²) in [6.45, 7) is 6.52. The number of rotatable bonds is 61. The van der Waals surface area contributed by atoms with E-state index in [2.05, 4.69) is 130 Å². The van der Waals surface area contributed by atoms with Crippen molar-refractivity contribution in [3.05, 3.63) is 109 Å². The first-order chi connectivity index (χ1) is 39.5. The molecule has 6 nitrogen and oxygen atoms in total. The van der Waals surface area contributed by atoms with Gasteiger partial charge in [-0.2, -0.15) is 0 Å². The lowest BCUT2D eigenvalue weighted by Gasteiger charge is -2.18. The van der Waals surface area contributed by atoms with Gasteiger partial charge in [-0.1, -0.05) is 323 Å². The van der Waals surface area contributed by atoms with Crippen molar-refractivity contribution in [1.82, 2.24) is 0 Å². The van der Waals surface area contributed by atoms with Gasteiger partial charge in [0.25, 0.3) is 0 Å². The van der Waals surface area contributed by atoms with Gasteiger partial charge < -0.3 is 14.2 Å². The Morgan fingerprint density at radius 3 is 0.762 bits per heavy atom. The van der Waals surface area contributed by atoms with Crippen LogP contribution in [0.25, 0.3) is 0 Å². The van der Waals surface area contributed by atoms with E-state index in [4.69, 9.17) is 14.2 Å². The third-order valence-corrected chi connectivity index (χ3v) is 14.5. The zero-order valence-corrected chi connectivity index (χ0v) is 52.6. The van der Waals surface area contributed by atoms with Crippen LogP contribution in [-0.4, -0.2) is 37.2 Å². The molecule has 0 rings (SSSR count). The molecule has 80 heavy (non-hydrogen) atoms. The first-order valence-corrected chi connectivity index (χ1v) is 33.9. The quantitative estimate of drug-likeness (QED) is 0.0261. The first kappa shape index (κ1) is 76.1. The van der Waals surface area contributed by atoms with Crippen LogP contribution in [0.3, 0.4) is 0 Å². The van der Waals surface area contributed by atoms with Crippen LogP contribution in [0.4, 0.5) is 0 Å². The Hall–Kier alpha value is -3.93. The Morgan fingerprint density at radius 1 is 0.263 bits per heavy atom. The van der Waals surface area contributed by atoms with Crippen molar-refractivity contribution < 1.29 is 28.6 Å². The van der Waals surface area contributed by atoms with Crippen LogP contribution in [0.5, 0.6) is 0 Å². The van der Waals surface area contributed by atoms with Crippen molar-refractivity contribution in [2.45, 2.75) is 329 Å². The highest BCUT2D eigenvalue weighted by molar-refractivity contribution is 5.71. The van der Waals surface area contributed by atoms with Gasteiger partial charge in [-0.3, -0.25) is 14.4 Å². The molecule has 6 heteroatoms. The van der Waals surface area contributed by atoms with E-state index in [9.17, 15) is 14.4 Å². The first-order valence-electron chi connectivity index (χ1n) is 33.9. The summed E-state index contributed by atoms with van der Waals surface area (Å²) in [6.07, 6.45) is 92.6. The maximum Gasteiger partial charge on any atom is 0.306 e.